The predicted molar refractivity (Wildman–Crippen MR) is 53.8 cm³/mol. The Morgan fingerprint density at radius 3 is 3.08 bits per heavy atom. The van der Waals surface area contributed by atoms with Crippen LogP contribution in [0.15, 0.2) is 28.9 Å². The molecule has 0 amide bonds. The van der Waals surface area contributed by atoms with E-state index in [9.17, 15) is 0 Å². The van der Waals surface area contributed by atoms with Crippen LogP contribution < -0.4 is 0 Å². The molecule has 1 atom stereocenters. The molecule has 0 N–H and O–H groups in total. The smallest absolute Gasteiger partial charge is 0.177 e. The second kappa shape index (κ2) is 3.25. The minimum atomic E-state index is 0.624. The zero-order chi connectivity index (χ0) is 9.26. The average Bonchev–Trinajstić information content (AvgIpc) is 2.63. The van der Waals surface area contributed by atoms with E-state index in [0.717, 1.165) is 10.8 Å². The molecule has 0 bridgehead atoms. The molecule has 0 spiro atoms. The lowest BCUT2D eigenvalue weighted by atomic mass is 9.97. The van der Waals surface area contributed by atoms with Crippen LogP contribution in [0.4, 0.5) is 0 Å². The van der Waals surface area contributed by atoms with Crippen LogP contribution in [0.2, 0.25) is 0 Å². The molecular formula is C12H13O. The van der Waals surface area contributed by atoms with Crippen LogP contribution in [0.3, 0.4) is 0 Å². The largest absolute Gasteiger partial charge is 0.460 e. The zero-order valence-electron chi connectivity index (χ0n) is 8.00. The van der Waals surface area contributed by atoms with Crippen LogP contribution in [0.5, 0.6) is 0 Å². The summed E-state index contributed by atoms with van der Waals surface area (Å²) in [5.74, 6) is 0.624. The molecule has 0 aliphatic carbocycles. The number of benzene rings is 1. The summed E-state index contributed by atoms with van der Waals surface area (Å²) in [5.41, 5.74) is 1.38. The third-order valence-electron chi connectivity index (χ3n) is 2.61. The number of hydrogen-bond donors (Lipinski definition) is 0. The SMILES string of the molecule is CCC(C)c1ccc2[c]occ2c1. The van der Waals surface area contributed by atoms with E-state index in [4.69, 9.17) is 4.42 Å². The topological polar surface area (TPSA) is 13.1 Å². The minimum Gasteiger partial charge on any atom is -0.460 e. The molecule has 2 rings (SSSR count). The van der Waals surface area contributed by atoms with Crippen molar-refractivity contribution in [1.82, 2.24) is 0 Å². The second-order valence-corrected chi connectivity index (χ2v) is 3.49. The van der Waals surface area contributed by atoms with E-state index < -0.39 is 0 Å². The van der Waals surface area contributed by atoms with E-state index in [0.29, 0.717) is 5.92 Å². The third-order valence-corrected chi connectivity index (χ3v) is 2.61. The van der Waals surface area contributed by atoms with Crippen molar-refractivity contribution >= 4 is 10.8 Å². The fourth-order valence-electron chi connectivity index (χ4n) is 1.47. The van der Waals surface area contributed by atoms with E-state index >= 15 is 0 Å². The molecule has 0 saturated carbocycles. The van der Waals surface area contributed by atoms with Gasteiger partial charge >= 0.3 is 0 Å². The molecule has 1 heterocycles. The number of hydrogen-bond acceptors (Lipinski definition) is 1. The van der Waals surface area contributed by atoms with Gasteiger partial charge in [-0.2, -0.15) is 0 Å². The number of rotatable bonds is 2. The summed E-state index contributed by atoms with van der Waals surface area (Å²) >= 11 is 0. The van der Waals surface area contributed by atoms with Gasteiger partial charge in [0.15, 0.2) is 6.26 Å². The summed E-state index contributed by atoms with van der Waals surface area (Å²) in [7, 11) is 0. The van der Waals surface area contributed by atoms with Crippen LogP contribution in [-0.4, -0.2) is 0 Å². The molecule has 1 unspecified atom stereocenters. The first-order valence-corrected chi connectivity index (χ1v) is 4.70. The van der Waals surface area contributed by atoms with Gasteiger partial charge in [-0.3, -0.25) is 0 Å². The number of furan rings is 1. The Morgan fingerprint density at radius 1 is 1.46 bits per heavy atom. The Bertz CT molecular complexity index is 400. The first-order chi connectivity index (χ1) is 6.31. The summed E-state index contributed by atoms with van der Waals surface area (Å²) in [5, 5.41) is 2.21. The summed E-state index contributed by atoms with van der Waals surface area (Å²) in [4.78, 5) is 0. The third kappa shape index (κ3) is 1.46. The van der Waals surface area contributed by atoms with Crippen molar-refractivity contribution in [2.45, 2.75) is 26.2 Å². The van der Waals surface area contributed by atoms with Gasteiger partial charge in [0.25, 0.3) is 0 Å². The maximum Gasteiger partial charge on any atom is 0.177 e. The van der Waals surface area contributed by atoms with Crippen molar-refractivity contribution in [1.29, 1.82) is 0 Å². The first kappa shape index (κ1) is 8.36. The summed E-state index contributed by atoms with van der Waals surface area (Å²) in [6.45, 7) is 4.45. The van der Waals surface area contributed by atoms with Crippen molar-refractivity contribution in [2.75, 3.05) is 0 Å². The van der Waals surface area contributed by atoms with E-state index in [2.05, 4.69) is 38.3 Å². The van der Waals surface area contributed by atoms with Crippen LogP contribution in [0, 0.1) is 6.26 Å². The Labute approximate surface area is 78.4 Å². The average molecular weight is 173 g/mol. The molecule has 1 radical (unpaired) electrons. The highest BCUT2D eigenvalue weighted by atomic mass is 16.3. The predicted octanol–water partition coefficient (Wildman–Crippen LogP) is 3.75. The second-order valence-electron chi connectivity index (χ2n) is 3.49. The maximum atomic E-state index is 5.01. The van der Waals surface area contributed by atoms with Gasteiger partial charge in [-0.25, -0.2) is 0 Å². The van der Waals surface area contributed by atoms with Crippen molar-refractivity contribution in [2.24, 2.45) is 0 Å². The van der Waals surface area contributed by atoms with E-state index in [1.165, 1.54) is 12.0 Å². The number of fused-ring (bicyclic) bond motifs is 1. The lowest BCUT2D eigenvalue weighted by Crippen LogP contribution is -1.89. The normalized spacial score (nSPS) is 13.4. The maximum absolute atomic E-state index is 5.01. The van der Waals surface area contributed by atoms with Crippen LogP contribution in [0.25, 0.3) is 10.8 Å². The van der Waals surface area contributed by atoms with Gasteiger partial charge in [-0.15, -0.1) is 0 Å². The molecule has 1 aromatic carbocycles. The van der Waals surface area contributed by atoms with Gasteiger partial charge in [0.2, 0.25) is 0 Å². The molecular weight excluding hydrogens is 160 g/mol. The highest BCUT2D eigenvalue weighted by Crippen LogP contribution is 2.23. The summed E-state index contributed by atoms with van der Waals surface area (Å²) in [6.07, 6.45) is 5.75. The molecule has 1 aromatic heterocycles. The van der Waals surface area contributed by atoms with Crippen LogP contribution >= 0.6 is 0 Å². The van der Waals surface area contributed by atoms with Gasteiger partial charge in [0.1, 0.15) is 0 Å². The Hall–Kier alpha value is -1.24. The van der Waals surface area contributed by atoms with E-state index in [1.54, 1.807) is 6.26 Å². The fourth-order valence-corrected chi connectivity index (χ4v) is 1.47. The fraction of sp³-hybridized carbons (Fsp3) is 0.333. The van der Waals surface area contributed by atoms with Gasteiger partial charge in [-0.1, -0.05) is 26.0 Å². The molecule has 1 heteroatoms. The zero-order valence-corrected chi connectivity index (χ0v) is 8.00. The Kier molecular flexibility index (Phi) is 2.09. The van der Waals surface area contributed by atoms with Gasteiger partial charge in [0, 0.05) is 10.8 Å². The lowest BCUT2D eigenvalue weighted by Gasteiger charge is -2.07. The van der Waals surface area contributed by atoms with Crippen molar-refractivity contribution < 1.29 is 4.42 Å². The molecule has 0 aliphatic heterocycles. The van der Waals surface area contributed by atoms with Crippen molar-refractivity contribution in [3.05, 3.63) is 36.3 Å². The van der Waals surface area contributed by atoms with Crippen molar-refractivity contribution in [3.63, 3.8) is 0 Å². The quantitative estimate of drug-likeness (QED) is 0.674. The standard InChI is InChI=1S/C12H13O/c1-3-9(2)10-4-5-11-7-13-8-12(11)6-10/h4-6,8-9H,3H2,1-2H3. The van der Waals surface area contributed by atoms with Gasteiger partial charge < -0.3 is 4.42 Å². The highest BCUT2D eigenvalue weighted by Gasteiger charge is 2.04. The lowest BCUT2D eigenvalue weighted by molar-refractivity contribution is 0.563. The molecule has 0 saturated heterocycles. The van der Waals surface area contributed by atoms with E-state index in [-0.39, 0.29) is 0 Å². The summed E-state index contributed by atoms with van der Waals surface area (Å²) in [6, 6.07) is 6.41. The first-order valence-electron chi connectivity index (χ1n) is 4.70. The molecule has 67 valence electrons. The molecule has 13 heavy (non-hydrogen) atoms. The highest BCUT2D eigenvalue weighted by molar-refractivity contribution is 5.81. The minimum absolute atomic E-state index is 0.624. The Balaban J connectivity index is 2.48. The summed E-state index contributed by atoms with van der Waals surface area (Å²) < 4.78 is 5.01. The Morgan fingerprint density at radius 2 is 2.31 bits per heavy atom. The molecule has 0 fully saturated rings. The van der Waals surface area contributed by atoms with Crippen LogP contribution in [0.1, 0.15) is 31.7 Å². The molecule has 2 aromatic rings. The molecule has 1 nitrogen and oxygen atoms in total. The van der Waals surface area contributed by atoms with Crippen molar-refractivity contribution in [3.8, 4) is 0 Å². The monoisotopic (exact) mass is 173 g/mol. The van der Waals surface area contributed by atoms with Gasteiger partial charge in [-0.05, 0) is 24.0 Å². The van der Waals surface area contributed by atoms with E-state index in [1.807, 2.05) is 0 Å². The molecule has 0 aliphatic rings. The van der Waals surface area contributed by atoms with Gasteiger partial charge in [0.05, 0.1) is 6.26 Å². The van der Waals surface area contributed by atoms with Crippen LogP contribution in [-0.2, 0) is 0 Å².